The van der Waals surface area contributed by atoms with Gasteiger partial charge in [0.15, 0.2) is 0 Å². The molecule has 1 heterocycles. The molecule has 0 aromatic rings. The molecule has 2 unspecified atom stereocenters. The van der Waals surface area contributed by atoms with Crippen LogP contribution < -0.4 is 0 Å². The molecule has 1 aliphatic rings. The Morgan fingerprint density at radius 3 is 2.58 bits per heavy atom. The fourth-order valence-corrected chi connectivity index (χ4v) is 4.19. The zero-order valence-electron chi connectivity index (χ0n) is 12.7. The van der Waals surface area contributed by atoms with Gasteiger partial charge in [0.05, 0.1) is 26.4 Å². The molecule has 1 fully saturated rings. The molecule has 0 aliphatic carbocycles. The van der Waals surface area contributed by atoms with Gasteiger partial charge < -0.3 is 19.3 Å². The number of hydrogen-bond acceptors (Lipinski definition) is 4. The van der Waals surface area contributed by atoms with E-state index in [1.807, 2.05) is 0 Å². The lowest BCUT2D eigenvalue weighted by molar-refractivity contribution is -0.0460. The molecule has 1 saturated heterocycles. The monoisotopic (exact) mass is 290 g/mol. The lowest BCUT2D eigenvalue weighted by Gasteiger charge is -2.24. The van der Waals surface area contributed by atoms with Crippen molar-refractivity contribution in [2.45, 2.75) is 57.2 Å². The molecular formula is C14H30O4Si. The Labute approximate surface area is 118 Å². The van der Waals surface area contributed by atoms with Crippen LogP contribution in [0.3, 0.4) is 0 Å². The zero-order valence-corrected chi connectivity index (χ0v) is 13.7. The normalized spacial score (nSPS) is 20.5. The average Bonchev–Trinajstić information content (AvgIpc) is 3.25. The first-order chi connectivity index (χ1) is 9.13. The SMILES string of the molecule is CC[Si](C)(CC)CCCOCC(CO)OCC1CO1. The molecule has 0 saturated carbocycles. The molecular weight excluding hydrogens is 260 g/mol. The van der Waals surface area contributed by atoms with Crippen molar-refractivity contribution in [1.82, 2.24) is 0 Å². The molecule has 0 bridgehead atoms. The van der Waals surface area contributed by atoms with Crippen molar-refractivity contribution in [2.24, 2.45) is 0 Å². The molecule has 1 aliphatic heterocycles. The van der Waals surface area contributed by atoms with Gasteiger partial charge in [0.25, 0.3) is 0 Å². The maximum Gasteiger partial charge on any atom is 0.104 e. The van der Waals surface area contributed by atoms with Crippen LogP contribution in [0.15, 0.2) is 0 Å². The molecule has 1 rings (SSSR count). The summed E-state index contributed by atoms with van der Waals surface area (Å²) in [6.07, 6.45) is 1.17. The van der Waals surface area contributed by atoms with Crippen molar-refractivity contribution in [1.29, 1.82) is 0 Å². The lowest BCUT2D eigenvalue weighted by Crippen LogP contribution is -2.28. The summed E-state index contributed by atoms with van der Waals surface area (Å²) in [6.45, 7) is 9.74. The van der Waals surface area contributed by atoms with Crippen LogP contribution in [0.4, 0.5) is 0 Å². The molecule has 1 N–H and O–H groups in total. The molecule has 5 heteroatoms. The van der Waals surface area contributed by atoms with Crippen molar-refractivity contribution in [2.75, 3.05) is 33.0 Å². The summed E-state index contributed by atoms with van der Waals surface area (Å²) in [4.78, 5) is 0. The van der Waals surface area contributed by atoms with Crippen LogP contribution in [0.25, 0.3) is 0 Å². The van der Waals surface area contributed by atoms with Crippen LogP contribution in [0.5, 0.6) is 0 Å². The first kappa shape index (κ1) is 17.1. The summed E-state index contributed by atoms with van der Waals surface area (Å²) in [7, 11) is -0.982. The van der Waals surface area contributed by atoms with Gasteiger partial charge in [-0.25, -0.2) is 0 Å². The minimum absolute atomic E-state index is 0.0170. The Kier molecular flexibility index (Phi) is 8.17. The van der Waals surface area contributed by atoms with Gasteiger partial charge in [0.2, 0.25) is 0 Å². The third kappa shape index (κ3) is 7.42. The van der Waals surface area contributed by atoms with Gasteiger partial charge in [0.1, 0.15) is 12.2 Å². The zero-order chi connectivity index (χ0) is 14.1. The largest absolute Gasteiger partial charge is 0.394 e. The summed E-state index contributed by atoms with van der Waals surface area (Å²) in [5.41, 5.74) is 0. The lowest BCUT2D eigenvalue weighted by atomic mass is 10.4. The van der Waals surface area contributed by atoms with Gasteiger partial charge in [-0.05, 0) is 6.42 Å². The molecule has 19 heavy (non-hydrogen) atoms. The molecule has 4 nitrogen and oxygen atoms in total. The second-order valence-electron chi connectivity index (χ2n) is 5.79. The van der Waals surface area contributed by atoms with Crippen LogP contribution >= 0.6 is 0 Å². The van der Waals surface area contributed by atoms with Crippen molar-refractivity contribution in [3.8, 4) is 0 Å². The molecule has 0 aromatic heterocycles. The Hall–Kier alpha value is 0.0569. The second kappa shape index (κ2) is 9.08. The fourth-order valence-electron chi connectivity index (χ4n) is 1.98. The van der Waals surface area contributed by atoms with E-state index in [0.717, 1.165) is 19.6 Å². The summed E-state index contributed by atoms with van der Waals surface area (Å²) in [5, 5.41) is 9.18. The van der Waals surface area contributed by atoms with E-state index < -0.39 is 8.07 Å². The topological polar surface area (TPSA) is 51.2 Å². The van der Waals surface area contributed by atoms with Gasteiger partial charge in [-0.2, -0.15) is 0 Å². The van der Waals surface area contributed by atoms with E-state index in [1.165, 1.54) is 18.1 Å². The van der Waals surface area contributed by atoms with Gasteiger partial charge in [0, 0.05) is 14.7 Å². The summed E-state index contributed by atoms with van der Waals surface area (Å²) in [6, 6.07) is 4.04. The van der Waals surface area contributed by atoms with Crippen molar-refractivity contribution in [3.05, 3.63) is 0 Å². The van der Waals surface area contributed by atoms with E-state index >= 15 is 0 Å². The minimum atomic E-state index is -0.982. The number of hydrogen-bond donors (Lipinski definition) is 1. The van der Waals surface area contributed by atoms with Crippen LogP contribution in [-0.2, 0) is 14.2 Å². The highest BCUT2D eigenvalue weighted by atomic mass is 28.3. The number of rotatable bonds is 12. The van der Waals surface area contributed by atoms with E-state index in [0.29, 0.717) is 13.2 Å². The molecule has 0 spiro atoms. The van der Waals surface area contributed by atoms with Gasteiger partial charge in [-0.1, -0.05) is 38.5 Å². The van der Waals surface area contributed by atoms with E-state index in [-0.39, 0.29) is 18.8 Å². The Morgan fingerprint density at radius 1 is 1.37 bits per heavy atom. The molecule has 0 amide bonds. The summed E-state index contributed by atoms with van der Waals surface area (Å²) >= 11 is 0. The van der Waals surface area contributed by atoms with Gasteiger partial charge in [-0.3, -0.25) is 0 Å². The first-order valence-electron chi connectivity index (χ1n) is 7.55. The predicted octanol–water partition coefficient (Wildman–Crippen LogP) is 2.29. The Bertz CT molecular complexity index is 229. The highest BCUT2D eigenvalue weighted by molar-refractivity contribution is 6.78. The molecule has 2 atom stereocenters. The van der Waals surface area contributed by atoms with Crippen LogP contribution in [0.1, 0.15) is 20.3 Å². The fraction of sp³-hybridized carbons (Fsp3) is 1.00. The van der Waals surface area contributed by atoms with E-state index in [2.05, 4.69) is 20.4 Å². The highest BCUT2D eigenvalue weighted by Crippen LogP contribution is 2.21. The van der Waals surface area contributed by atoms with Gasteiger partial charge >= 0.3 is 0 Å². The number of aliphatic hydroxyl groups excluding tert-OH is 1. The number of ether oxygens (including phenoxy) is 3. The molecule has 114 valence electrons. The van der Waals surface area contributed by atoms with Crippen molar-refractivity contribution in [3.63, 3.8) is 0 Å². The minimum Gasteiger partial charge on any atom is -0.394 e. The van der Waals surface area contributed by atoms with E-state index in [1.54, 1.807) is 0 Å². The third-order valence-electron chi connectivity index (χ3n) is 4.20. The van der Waals surface area contributed by atoms with Crippen molar-refractivity contribution < 1.29 is 19.3 Å². The van der Waals surface area contributed by atoms with E-state index in [9.17, 15) is 5.11 Å². The average molecular weight is 290 g/mol. The first-order valence-corrected chi connectivity index (χ1v) is 10.7. The Morgan fingerprint density at radius 2 is 2.05 bits per heavy atom. The Balaban J connectivity index is 2.01. The number of aliphatic hydroxyl groups is 1. The van der Waals surface area contributed by atoms with Crippen LogP contribution in [0, 0.1) is 0 Å². The summed E-state index contributed by atoms with van der Waals surface area (Å²) in [5.74, 6) is 0. The summed E-state index contributed by atoms with van der Waals surface area (Å²) < 4.78 is 16.2. The van der Waals surface area contributed by atoms with E-state index in [4.69, 9.17) is 14.2 Å². The molecule has 0 radical (unpaired) electrons. The molecule has 0 aromatic carbocycles. The smallest absolute Gasteiger partial charge is 0.104 e. The maximum atomic E-state index is 9.18. The quantitative estimate of drug-likeness (QED) is 0.340. The van der Waals surface area contributed by atoms with Crippen molar-refractivity contribution >= 4 is 8.07 Å². The van der Waals surface area contributed by atoms with Gasteiger partial charge in [-0.15, -0.1) is 0 Å². The van der Waals surface area contributed by atoms with Crippen LogP contribution in [0.2, 0.25) is 24.7 Å². The van der Waals surface area contributed by atoms with Crippen LogP contribution in [-0.4, -0.2) is 58.4 Å². The maximum absolute atomic E-state index is 9.18. The standard InChI is InChI=1S/C14H30O4Si/c1-4-19(3,5-2)8-6-7-16-10-13(9-15)17-11-14-12-18-14/h13-15H,4-12H2,1-3H3. The third-order valence-corrected chi connectivity index (χ3v) is 9.18. The second-order valence-corrected chi connectivity index (χ2v) is 11.3. The number of epoxide rings is 1. The highest BCUT2D eigenvalue weighted by Gasteiger charge is 2.24. The predicted molar refractivity (Wildman–Crippen MR) is 79.4 cm³/mol.